The fourth-order valence-electron chi connectivity index (χ4n) is 1.68. The van der Waals surface area contributed by atoms with Crippen LogP contribution in [0.4, 0.5) is 5.95 Å². The summed E-state index contributed by atoms with van der Waals surface area (Å²) in [5.74, 6) is 1.43. The molecule has 0 saturated carbocycles. The van der Waals surface area contributed by atoms with Crippen molar-refractivity contribution in [2.45, 2.75) is 19.8 Å². The largest absolute Gasteiger partial charge is 0.381 e. The Kier molecular flexibility index (Phi) is 3.50. The number of nitrogens with zero attached hydrogens (tertiary/aromatic N) is 2. The highest BCUT2D eigenvalue weighted by Crippen LogP contribution is 2.15. The van der Waals surface area contributed by atoms with Gasteiger partial charge in [-0.1, -0.05) is 0 Å². The van der Waals surface area contributed by atoms with Crippen LogP contribution in [0.1, 0.15) is 18.4 Å². The second-order valence-corrected chi connectivity index (χ2v) is 4.03. The standard InChI is InChI=1S/C11H17N3O/c1-9-6-13-11(14-7-9)12-4-2-10-3-5-15-8-10/h6-7,10H,2-5,8H2,1H3,(H,12,13,14). The van der Waals surface area contributed by atoms with Crippen molar-refractivity contribution in [3.8, 4) is 0 Å². The van der Waals surface area contributed by atoms with Gasteiger partial charge in [-0.05, 0) is 31.2 Å². The first-order chi connectivity index (χ1) is 7.34. The van der Waals surface area contributed by atoms with Gasteiger partial charge in [0.2, 0.25) is 5.95 Å². The maximum atomic E-state index is 5.32. The summed E-state index contributed by atoms with van der Waals surface area (Å²) in [7, 11) is 0. The van der Waals surface area contributed by atoms with Crippen LogP contribution in [-0.4, -0.2) is 29.7 Å². The molecule has 1 aliphatic heterocycles. The fraction of sp³-hybridized carbons (Fsp3) is 0.636. The molecule has 0 bridgehead atoms. The Morgan fingerprint density at radius 3 is 2.93 bits per heavy atom. The van der Waals surface area contributed by atoms with Crippen molar-refractivity contribution in [3.63, 3.8) is 0 Å². The first kappa shape index (κ1) is 10.4. The van der Waals surface area contributed by atoms with Gasteiger partial charge in [-0.15, -0.1) is 0 Å². The van der Waals surface area contributed by atoms with Crippen LogP contribution >= 0.6 is 0 Å². The third-order valence-electron chi connectivity index (χ3n) is 2.64. The van der Waals surface area contributed by atoms with Gasteiger partial charge in [0.1, 0.15) is 0 Å². The summed E-state index contributed by atoms with van der Waals surface area (Å²) in [6, 6.07) is 0. The lowest BCUT2D eigenvalue weighted by molar-refractivity contribution is 0.185. The Bertz CT molecular complexity index is 293. The normalized spacial score (nSPS) is 20.5. The third kappa shape index (κ3) is 3.16. The van der Waals surface area contributed by atoms with Gasteiger partial charge in [-0.2, -0.15) is 0 Å². The number of rotatable bonds is 4. The Hall–Kier alpha value is -1.16. The molecule has 1 saturated heterocycles. The fourth-order valence-corrected chi connectivity index (χ4v) is 1.68. The van der Waals surface area contributed by atoms with E-state index >= 15 is 0 Å². The summed E-state index contributed by atoms with van der Waals surface area (Å²) in [4.78, 5) is 8.38. The molecular formula is C11H17N3O. The Labute approximate surface area is 90.1 Å². The van der Waals surface area contributed by atoms with E-state index in [0.29, 0.717) is 5.92 Å². The summed E-state index contributed by atoms with van der Waals surface area (Å²) in [6.07, 6.45) is 5.98. The summed E-state index contributed by atoms with van der Waals surface area (Å²) < 4.78 is 5.32. The van der Waals surface area contributed by atoms with Crippen LogP contribution in [0.2, 0.25) is 0 Å². The first-order valence-corrected chi connectivity index (χ1v) is 5.45. The van der Waals surface area contributed by atoms with E-state index in [-0.39, 0.29) is 0 Å². The van der Waals surface area contributed by atoms with E-state index in [0.717, 1.165) is 37.7 Å². The lowest BCUT2D eigenvalue weighted by Gasteiger charge is -2.08. The van der Waals surface area contributed by atoms with E-state index in [9.17, 15) is 0 Å². The van der Waals surface area contributed by atoms with Gasteiger partial charge in [-0.25, -0.2) is 9.97 Å². The van der Waals surface area contributed by atoms with Gasteiger partial charge >= 0.3 is 0 Å². The zero-order valence-electron chi connectivity index (χ0n) is 9.07. The van der Waals surface area contributed by atoms with E-state index in [1.54, 1.807) is 0 Å². The van der Waals surface area contributed by atoms with E-state index in [1.165, 1.54) is 6.42 Å². The molecule has 0 aromatic carbocycles. The number of aromatic nitrogens is 2. The van der Waals surface area contributed by atoms with E-state index in [1.807, 2.05) is 19.3 Å². The molecule has 0 spiro atoms. The zero-order chi connectivity index (χ0) is 10.5. The number of nitrogens with one attached hydrogen (secondary N) is 1. The van der Waals surface area contributed by atoms with Crippen molar-refractivity contribution < 1.29 is 4.74 Å². The average Bonchev–Trinajstić information content (AvgIpc) is 2.74. The first-order valence-electron chi connectivity index (χ1n) is 5.45. The molecule has 0 aliphatic carbocycles. The molecule has 1 N–H and O–H groups in total. The molecule has 2 rings (SSSR count). The van der Waals surface area contributed by atoms with Crippen molar-refractivity contribution in [1.82, 2.24) is 9.97 Å². The number of hydrogen-bond acceptors (Lipinski definition) is 4. The quantitative estimate of drug-likeness (QED) is 0.815. The summed E-state index contributed by atoms with van der Waals surface area (Å²) in [5, 5.41) is 3.22. The van der Waals surface area contributed by atoms with Crippen molar-refractivity contribution in [1.29, 1.82) is 0 Å². The second-order valence-electron chi connectivity index (χ2n) is 4.03. The van der Waals surface area contributed by atoms with Gasteiger partial charge in [0, 0.05) is 32.2 Å². The predicted octanol–water partition coefficient (Wildman–Crippen LogP) is 1.62. The van der Waals surface area contributed by atoms with Crippen LogP contribution in [0.5, 0.6) is 0 Å². The molecule has 1 unspecified atom stereocenters. The molecule has 0 amide bonds. The predicted molar refractivity (Wildman–Crippen MR) is 58.8 cm³/mol. The van der Waals surface area contributed by atoms with E-state index < -0.39 is 0 Å². The minimum absolute atomic E-state index is 0.711. The van der Waals surface area contributed by atoms with Crippen molar-refractivity contribution in [2.75, 3.05) is 25.1 Å². The highest BCUT2D eigenvalue weighted by atomic mass is 16.5. The van der Waals surface area contributed by atoms with Gasteiger partial charge in [0.05, 0.1) is 0 Å². The molecule has 82 valence electrons. The summed E-state index contributed by atoms with van der Waals surface area (Å²) >= 11 is 0. The minimum Gasteiger partial charge on any atom is -0.381 e. The molecule has 15 heavy (non-hydrogen) atoms. The van der Waals surface area contributed by atoms with E-state index in [4.69, 9.17) is 4.74 Å². The molecular weight excluding hydrogens is 190 g/mol. The third-order valence-corrected chi connectivity index (χ3v) is 2.64. The smallest absolute Gasteiger partial charge is 0.222 e. The number of hydrogen-bond donors (Lipinski definition) is 1. The summed E-state index contributed by atoms with van der Waals surface area (Å²) in [5.41, 5.74) is 1.09. The average molecular weight is 207 g/mol. The van der Waals surface area contributed by atoms with Gasteiger partial charge in [0.25, 0.3) is 0 Å². The molecule has 4 heteroatoms. The summed E-state index contributed by atoms with van der Waals surface area (Å²) in [6.45, 7) is 4.75. The Morgan fingerprint density at radius 1 is 1.47 bits per heavy atom. The zero-order valence-corrected chi connectivity index (χ0v) is 9.07. The molecule has 2 heterocycles. The van der Waals surface area contributed by atoms with Crippen molar-refractivity contribution in [3.05, 3.63) is 18.0 Å². The number of ether oxygens (including phenoxy) is 1. The molecule has 1 aromatic heterocycles. The van der Waals surface area contributed by atoms with Gasteiger partial charge in [-0.3, -0.25) is 0 Å². The maximum absolute atomic E-state index is 5.32. The lowest BCUT2D eigenvalue weighted by atomic mass is 10.1. The molecule has 0 radical (unpaired) electrons. The molecule has 4 nitrogen and oxygen atoms in total. The van der Waals surface area contributed by atoms with E-state index in [2.05, 4.69) is 15.3 Å². The van der Waals surface area contributed by atoms with Crippen LogP contribution in [-0.2, 0) is 4.74 Å². The van der Waals surface area contributed by atoms with Crippen molar-refractivity contribution in [2.24, 2.45) is 5.92 Å². The van der Waals surface area contributed by atoms with Gasteiger partial charge < -0.3 is 10.1 Å². The monoisotopic (exact) mass is 207 g/mol. The molecule has 1 aliphatic rings. The van der Waals surface area contributed by atoms with Crippen LogP contribution in [0.25, 0.3) is 0 Å². The van der Waals surface area contributed by atoms with Crippen LogP contribution in [0.3, 0.4) is 0 Å². The molecule has 1 aromatic rings. The van der Waals surface area contributed by atoms with Crippen molar-refractivity contribution >= 4 is 5.95 Å². The number of anilines is 1. The molecule has 1 atom stereocenters. The highest BCUT2D eigenvalue weighted by Gasteiger charge is 2.14. The Balaban J connectivity index is 1.71. The van der Waals surface area contributed by atoms with Crippen LogP contribution < -0.4 is 5.32 Å². The van der Waals surface area contributed by atoms with Crippen LogP contribution in [0, 0.1) is 12.8 Å². The minimum atomic E-state index is 0.711. The van der Waals surface area contributed by atoms with Crippen LogP contribution in [0.15, 0.2) is 12.4 Å². The Morgan fingerprint density at radius 2 is 2.27 bits per heavy atom. The molecule has 1 fully saturated rings. The SMILES string of the molecule is Cc1cnc(NCCC2CCOC2)nc1. The maximum Gasteiger partial charge on any atom is 0.222 e. The highest BCUT2D eigenvalue weighted by molar-refractivity contribution is 5.23. The topological polar surface area (TPSA) is 47.0 Å². The lowest BCUT2D eigenvalue weighted by Crippen LogP contribution is -2.10. The second kappa shape index (κ2) is 5.07. The van der Waals surface area contributed by atoms with Gasteiger partial charge in [0.15, 0.2) is 0 Å². The number of aryl methyl sites for hydroxylation is 1.